The lowest BCUT2D eigenvalue weighted by Gasteiger charge is -2.24. The Morgan fingerprint density at radius 2 is 0.551 bits per heavy atom. The van der Waals surface area contributed by atoms with Crippen LogP contribution in [0.25, 0.3) is 4.91 Å². The van der Waals surface area contributed by atoms with Crippen molar-refractivity contribution in [3.63, 3.8) is 0 Å². The summed E-state index contributed by atoms with van der Waals surface area (Å²) in [7, 11) is 0. The summed E-state index contributed by atoms with van der Waals surface area (Å²) in [5.41, 5.74) is 19.4. The van der Waals surface area contributed by atoms with Crippen LogP contribution < -0.4 is 24.5 Å². The van der Waals surface area contributed by atoms with Gasteiger partial charge in [-0.3, -0.25) is 0 Å². The number of rotatable bonds is 8. The number of aryl methyl sites for hydroxylation is 5. The summed E-state index contributed by atoms with van der Waals surface area (Å²) in [5.74, 6) is 0.218. The fourth-order valence-electron chi connectivity index (χ4n) is 11.7. The summed E-state index contributed by atoms with van der Waals surface area (Å²) in [5, 5.41) is 0. The molecule has 6 aromatic rings. The normalized spacial score (nSPS) is 22.2. The van der Waals surface area contributed by atoms with Gasteiger partial charge < -0.3 is 24.5 Å². The van der Waals surface area contributed by atoms with Gasteiger partial charge in [-0.05, 0) is 184 Å². The van der Waals surface area contributed by atoms with Crippen molar-refractivity contribution < 1.29 is 6.85 Å². The lowest BCUT2D eigenvalue weighted by Crippen LogP contribution is -2.17. The van der Waals surface area contributed by atoms with E-state index in [0.29, 0.717) is 11.8 Å². The van der Waals surface area contributed by atoms with Crippen LogP contribution in [0.5, 0.6) is 0 Å². The third-order valence-corrected chi connectivity index (χ3v) is 22.4. The Bertz CT molecular complexity index is 3500. The molecule has 10 heteroatoms. The maximum absolute atomic E-state index is 8.45. The number of nitrogens with zero attached hydrogens (tertiary/aromatic N) is 5. The van der Waals surface area contributed by atoms with Gasteiger partial charge in [-0.2, -0.15) is 0 Å². The summed E-state index contributed by atoms with van der Waals surface area (Å²) in [6.07, 6.45) is 12.1. The highest BCUT2D eigenvalue weighted by atomic mass is 32.2. The van der Waals surface area contributed by atoms with E-state index in [9.17, 15) is 0 Å². The van der Waals surface area contributed by atoms with Crippen LogP contribution in [0.15, 0.2) is 200 Å². The minimum Gasteiger partial charge on any atom is -0.334 e. The Kier molecular flexibility index (Phi) is 28.1. The quantitative estimate of drug-likeness (QED) is 0.146. The van der Waals surface area contributed by atoms with E-state index in [1.807, 2.05) is 54.6 Å². The zero-order valence-corrected chi connectivity index (χ0v) is 55.7. The predicted octanol–water partition coefficient (Wildman–Crippen LogP) is 25.8. The van der Waals surface area contributed by atoms with Crippen molar-refractivity contribution in [2.24, 2.45) is 11.8 Å². The van der Waals surface area contributed by atoms with Crippen molar-refractivity contribution in [2.45, 2.75) is 178 Å². The van der Waals surface area contributed by atoms with Gasteiger partial charge in [-0.1, -0.05) is 191 Å². The first kappa shape index (κ1) is 68.1. The van der Waals surface area contributed by atoms with Gasteiger partial charge in [0.15, 0.2) is 0 Å². The van der Waals surface area contributed by atoms with Gasteiger partial charge in [-0.25, -0.2) is 0 Å². The van der Waals surface area contributed by atoms with Crippen LogP contribution in [0.3, 0.4) is 0 Å². The van der Waals surface area contributed by atoms with Gasteiger partial charge in [0.05, 0.1) is 36.1 Å². The van der Waals surface area contributed by atoms with Crippen LogP contribution in [0.1, 0.15) is 184 Å². The van der Waals surface area contributed by atoms with E-state index >= 15 is 0 Å². The van der Waals surface area contributed by atoms with Gasteiger partial charge in [0.1, 0.15) is 0 Å². The number of hydrogen-bond donors (Lipinski definition) is 0. The summed E-state index contributed by atoms with van der Waals surface area (Å²) in [4.78, 5) is 17.4. The zero-order chi connectivity index (χ0) is 63.6. The van der Waals surface area contributed by atoms with E-state index in [-0.39, 0.29) is 66.4 Å². The molecule has 6 aromatic carbocycles. The third kappa shape index (κ3) is 18.7. The Morgan fingerprint density at radius 3 is 0.854 bits per heavy atom. The molecule has 2 saturated carbocycles. The largest absolute Gasteiger partial charge is 0.334 e. The molecule has 89 heavy (non-hydrogen) atoms. The first-order valence-electron chi connectivity index (χ1n) is 32.9. The molecule has 0 saturated heterocycles. The molecule has 0 amide bonds. The molecule has 5 aliphatic heterocycles. The number of thioether (sulfide) groups is 5. The molecule has 5 unspecified atom stereocenters. The molecular formula is C79H111N5S5. The van der Waals surface area contributed by atoms with E-state index in [4.69, 9.17) is 6.85 Å². The minimum atomic E-state index is -0.314. The molecule has 0 N–H and O–H groups in total. The lowest BCUT2D eigenvalue weighted by atomic mass is 9.88. The molecule has 482 valence electrons. The molecule has 5 atom stereocenters. The number of hydrogen-bond acceptors (Lipinski definition) is 10. The monoisotopic (exact) mass is 1290 g/mol. The molecule has 0 spiro atoms. The van der Waals surface area contributed by atoms with Crippen molar-refractivity contribution >= 4 is 92.2 Å². The first-order valence-corrected chi connectivity index (χ1v) is 34.4. The SMILES string of the molecule is C.C.C.C.C.[2H]C1SC(C)=C(C)N1c1ccccc1C.[2H]C1SC(C)=C(C)N1c1ccccc1C.[2H]C1SC(C2CCCC2)=C(C)N1c1ccccc1C.[2H]C1SC(C2CCCCC2)=C(C)N1c1ccccc1C.[2H]C1SC(c2ccccc2)=C(C)N1c1ccccc1C. The average Bonchev–Trinajstić information content (AvgIpc) is 1.67. The molecule has 7 aliphatic rings. The molecule has 0 aromatic heterocycles. The van der Waals surface area contributed by atoms with Crippen LogP contribution in [-0.4, -0.2) is 29.3 Å². The molecule has 2 fully saturated rings. The van der Waals surface area contributed by atoms with Crippen LogP contribution >= 0.6 is 58.8 Å². The summed E-state index contributed by atoms with van der Waals surface area (Å²) in [6.45, 7) is 25.4. The fourth-order valence-corrected chi connectivity index (χ4v) is 16.7. The van der Waals surface area contributed by atoms with Crippen molar-refractivity contribution in [1.82, 2.24) is 0 Å². The first-order chi connectivity index (χ1) is 42.8. The molecular weight excluding hydrogens is 1180 g/mol. The number of para-hydroxylation sites is 5. The molecule has 5 nitrogen and oxygen atoms in total. The topological polar surface area (TPSA) is 16.2 Å². The minimum absolute atomic E-state index is 0. The average molecular weight is 1300 g/mol. The second-order valence-electron chi connectivity index (χ2n) is 22.7. The van der Waals surface area contributed by atoms with E-state index in [0.717, 1.165) is 22.8 Å². The van der Waals surface area contributed by atoms with Gasteiger partial charge in [0, 0.05) is 81.4 Å². The zero-order valence-electron chi connectivity index (χ0n) is 56.6. The van der Waals surface area contributed by atoms with E-state index in [1.165, 1.54) is 150 Å². The van der Waals surface area contributed by atoms with Crippen LogP contribution in [0.2, 0.25) is 0 Å². The van der Waals surface area contributed by atoms with E-state index in [2.05, 4.69) is 205 Å². The summed E-state index contributed by atoms with van der Waals surface area (Å²) >= 11 is 8.35. The number of allylic oxidation sites excluding steroid dienone is 9. The maximum Gasteiger partial charge on any atom is 0.0732 e. The third-order valence-electron chi connectivity index (χ3n) is 17.0. The highest BCUT2D eigenvalue weighted by molar-refractivity contribution is 8.08. The fraction of sp³-hybridized carbons (Fsp3) is 0.418. The Morgan fingerprint density at radius 1 is 0.292 bits per heavy atom. The highest BCUT2D eigenvalue weighted by Crippen LogP contribution is 2.48. The van der Waals surface area contributed by atoms with Crippen LogP contribution in [-0.2, 0) is 0 Å². The van der Waals surface area contributed by atoms with Crippen molar-refractivity contribution in [3.8, 4) is 0 Å². The summed E-state index contributed by atoms with van der Waals surface area (Å²) < 4.78 is 41.3. The maximum atomic E-state index is 8.45. The van der Waals surface area contributed by atoms with Gasteiger partial charge in [-0.15, -0.1) is 58.8 Å². The highest BCUT2D eigenvalue weighted by Gasteiger charge is 2.31. The molecule has 13 rings (SSSR count). The predicted molar refractivity (Wildman–Crippen MR) is 414 cm³/mol. The van der Waals surface area contributed by atoms with Gasteiger partial charge >= 0.3 is 0 Å². The van der Waals surface area contributed by atoms with Crippen molar-refractivity contribution in [3.05, 3.63) is 233 Å². The number of benzene rings is 6. The molecule has 2 aliphatic carbocycles. The van der Waals surface area contributed by atoms with E-state index in [1.54, 1.807) is 58.8 Å². The Hall–Kier alpha value is -5.23. The lowest BCUT2D eigenvalue weighted by molar-refractivity contribution is 0.413. The number of anilines is 5. The smallest absolute Gasteiger partial charge is 0.0732 e. The second-order valence-corrected chi connectivity index (χ2v) is 27.4. The van der Waals surface area contributed by atoms with Crippen LogP contribution in [0, 0.1) is 46.5 Å². The molecule has 5 heterocycles. The Labute approximate surface area is 571 Å². The molecule has 0 bridgehead atoms. The Balaban J connectivity index is 0.000000248. The standard InChI is InChI=1S/C17H23NS.C17H17NS.C16H21NS.2C12H15NS.5CH4/c2*1-13-8-6-7-11-16(13)18-12-19-17(14(18)2)15-9-4-3-5-10-15;1-12-7-3-6-10-15(12)17-11-18-16(13(17)2)14-8-4-5-9-14;2*1-9-6-4-5-7-12(9)13-8-14-11(3)10(13)2;;;;;/h6-8,11,15H,3-5,9-10,12H2,1-2H3;3-11H,12H2,1-2H3;3,6-7,10,14H,4-5,8-9,11H2,1-2H3;2*4-7H,8H2,1-3H3;5*1H4/i2*12D;11D;2*8D;;;;;. The van der Waals surface area contributed by atoms with E-state index < -0.39 is 0 Å². The van der Waals surface area contributed by atoms with Crippen molar-refractivity contribution in [2.75, 3.05) is 53.8 Å². The van der Waals surface area contributed by atoms with Crippen LogP contribution in [0.4, 0.5) is 28.4 Å². The second kappa shape index (κ2) is 36.7. The van der Waals surface area contributed by atoms with Crippen molar-refractivity contribution in [1.29, 1.82) is 0 Å². The molecule has 0 radical (unpaired) electrons. The van der Waals surface area contributed by atoms with Gasteiger partial charge in [0.25, 0.3) is 0 Å². The van der Waals surface area contributed by atoms with Gasteiger partial charge in [0.2, 0.25) is 0 Å². The summed E-state index contributed by atoms with van der Waals surface area (Å²) in [6, 6.07) is 51.9.